The summed E-state index contributed by atoms with van der Waals surface area (Å²) < 4.78 is 5.64. The van der Waals surface area contributed by atoms with Gasteiger partial charge in [-0.2, -0.15) is 0 Å². The van der Waals surface area contributed by atoms with E-state index in [4.69, 9.17) is 4.42 Å². The van der Waals surface area contributed by atoms with E-state index >= 15 is 0 Å². The Kier molecular flexibility index (Phi) is 4.77. The molecule has 0 saturated heterocycles. The number of aryl methyl sites for hydroxylation is 1. The van der Waals surface area contributed by atoms with E-state index in [-0.39, 0.29) is 18.7 Å². The molecule has 2 aromatic rings. The first-order chi connectivity index (χ1) is 9.20. The standard InChI is InChI=1S/C16H21NO2/c1-12-8-9-16(19-12)13(2)17-15(10-11-18)14-6-4-3-5-7-14/h3-9,13,15,17-18H,10-11H2,1-2H3/t13?,15-/m1/s1. The van der Waals surface area contributed by atoms with Gasteiger partial charge in [0.05, 0.1) is 6.04 Å². The SMILES string of the molecule is Cc1ccc(C(C)N[C@H](CCO)c2ccccc2)o1. The predicted octanol–water partition coefficient (Wildman–Crippen LogP) is 3.36. The molecule has 19 heavy (non-hydrogen) atoms. The monoisotopic (exact) mass is 259 g/mol. The smallest absolute Gasteiger partial charge is 0.120 e. The van der Waals surface area contributed by atoms with Gasteiger partial charge in [0.2, 0.25) is 0 Å². The van der Waals surface area contributed by atoms with Crippen molar-refractivity contribution < 1.29 is 9.52 Å². The number of aliphatic hydroxyl groups excluding tert-OH is 1. The number of benzene rings is 1. The molecule has 3 nitrogen and oxygen atoms in total. The first-order valence-corrected chi connectivity index (χ1v) is 6.69. The molecule has 1 aromatic heterocycles. The van der Waals surface area contributed by atoms with Crippen LogP contribution in [-0.2, 0) is 0 Å². The van der Waals surface area contributed by atoms with E-state index in [9.17, 15) is 5.11 Å². The average molecular weight is 259 g/mol. The highest BCUT2D eigenvalue weighted by Crippen LogP contribution is 2.23. The summed E-state index contributed by atoms with van der Waals surface area (Å²) in [6.07, 6.45) is 0.689. The van der Waals surface area contributed by atoms with Crippen molar-refractivity contribution in [3.8, 4) is 0 Å². The van der Waals surface area contributed by atoms with Gasteiger partial charge >= 0.3 is 0 Å². The molecule has 2 N–H and O–H groups in total. The molecule has 1 aromatic carbocycles. The Labute approximate surface area is 114 Å². The van der Waals surface area contributed by atoms with Gasteiger partial charge in [-0.1, -0.05) is 30.3 Å². The van der Waals surface area contributed by atoms with Gasteiger partial charge in [-0.15, -0.1) is 0 Å². The Morgan fingerprint density at radius 3 is 2.47 bits per heavy atom. The average Bonchev–Trinajstić information content (AvgIpc) is 2.86. The zero-order valence-corrected chi connectivity index (χ0v) is 11.5. The summed E-state index contributed by atoms with van der Waals surface area (Å²) in [5.41, 5.74) is 1.19. The molecule has 0 radical (unpaired) electrons. The largest absolute Gasteiger partial charge is 0.465 e. The topological polar surface area (TPSA) is 45.4 Å². The van der Waals surface area contributed by atoms with E-state index in [1.807, 2.05) is 37.3 Å². The molecule has 2 atom stereocenters. The maximum absolute atomic E-state index is 9.22. The fraction of sp³-hybridized carbons (Fsp3) is 0.375. The van der Waals surface area contributed by atoms with Gasteiger partial charge in [-0.25, -0.2) is 0 Å². The summed E-state index contributed by atoms with van der Waals surface area (Å²) in [4.78, 5) is 0. The van der Waals surface area contributed by atoms with Gasteiger partial charge < -0.3 is 14.8 Å². The highest BCUT2D eigenvalue weighted by atomic mass is 16.3. The molecule has 102 valence electrons. The van der Waals surface area contributed by atoms with Crippen LogP contribution in [0.3, 0.4) is 0 Å². The Hall–Kier alpha value is -1.58. The Balaban J connectivity index is 2.08. The second kappa shape index (κ2) is 6.55. The third-order valence-corrected chi connectivity index (χ3v) is 3.26. The van der Waals surface area contributed by atoms with Crippen LogP contribution in [0, 0.1) is 6.92 Å². The Morgan fingerprint density at radius 2 is 1.89 bits per heavy atom. The van der Waals surface area contributed by atoms with Crippen molar-refractivity contribution in [3.63, 3.8) is 0 Å². The van der Waals surface area contributed by atoms with E-state index in [2.05, 4.69) is 24.4 Å². The third kappa shape index (κ3) is 3.69. The summed E-state index contributed by atoms with van der Waals surface area (Å²) in [7, 11) is 0. The minimum atomic E-state index is 0.116. The molecule has 0 aliphatic rings. The minimum Gasteiger partial charge on any atom is -0.465 e. The zero-order valence-electron chi connectivity index (χ0n) is 11.5. The van der Waals surface area contributed by atoms with Gasteiger partial charge in [0, 0.05) is 12.6 Å². The lowest BCUT2D eigenvalue weighted by Crippen LogP contribution is -2.25. The predicted molar refractivity (Wildman–Crippen MR) is 75.9 cm³/mol. The maximum Gasteiger partial charge on any atom is 0.120 e. The Morgan fingerprint density at radius 1 is 1.16 bits per heavy atom. The van der Waals surface area contributed by atoms with Crippen LogP contribution in [0.15, 0.2) is 46.9 Å². The summed E-state index contributed by atoms with van der Waals surface area (Å²) in [6, 6.07) is 14.4. The molecule has 1 heterocycles. The fourth-order valence-electron chi connectivity index (χ4n) is 2.23. The maximum atomic E-state index is 9.22. The van der Waals surface area contributed by atoms with E-state index < -0.39 is 0 Å². The summed E-state index contributed by atoms with van der Waals surface area (Å²) >= 11 is 0. The molecule has 0 saturated carbocycles. The Bertz CT molecular complexity index is 492. The lowest BCUT2D eigenvalue weighted by molar-refractivity contribution is 0.256. The number of rotatable bonds is 6. The van der Waals surface area contributed by atoms with E-state index in [0.717, 1.165) is 11.5 Å². The van der Waals surface area contributed by atoms with Gasteiger partial charge in [0.1, 0.15) is 11.5 Å². The van der Waals surface area contributed by atoms with E-state index in [1.54, 1.807) is 0 Å². The van der Waals surface area contributed by atoms with Crippen LogP contribution in [0.1, 0.15) is 42.5 Å². The van der Waals surface area contributed by atoms with Crippen LogP contribution in [0.2, 0.25) is 0 Å². The minimum absolute atomic E-state index is 0.116. The third-order valence-electron chi connectivity index (χ3n) is 3.26. The van der Waals surface area contributed by atoms with Gasteiger partial charge in [-0.05, 0) is 38.0 Å². The second-order valence-electron chi connectivity index (χ2n) is 4.81. The molecule has 0 aliphatic carbocycles. The number of aliphatic hydroxyl groups is 1. The first-order valence-electron chi connectivity index (χ1n) is 6.69. The lowest BCUT2D eigenvalue weighted by atomic mass is 10.0. The van der Waals surface area contributed by atoms with Crippen molar-refractivity contribution in [2.45, 2.75) is 32.4 Å². The summed E-state index contributed by atoms with van der Waals surface area (Å²) in [5.74, 6) is 1.85. The summed E-state index contributed by atoms with van der Waals surface area (Å²) in [6.45, 7) is 4.18. The number of nitrogens with one attached hydrogen (secondary N) is 1. The molecule has 0 spiro atoms. The molecule has 3 heteroatoms. The zero-order chi connectivity index (χ0) is 13.7. The molecule has 0 fully saturated rings. The van der Waals surface area contributed by atoms with Crippen molar-refractivity contribution >= 4 is 0 Å². The molecular formula is C16H21NO2. The van der Waals surface area contributed by atoms with Crippen molar-refractivity contribution in [2.24, 2.45) is 0 Å². The second-order valence-corrected chi connectivity index (χ2v) is 4.81. The quantitative estimate of drug-likeness (QED) is 0.836. The number of hydrogen-bond donors (Lipinski definition) is 2. The van der Waals surface area contributed by atoms with E-state index in [0.29, 0.717) is 6.42 Å². The lowest BCUT2D eigenvalue weighted by Gasteiger charge is -2.22. The van der Waals surface area contributed by atoms with Crippen LogP contribution < -0.4 is 5.32 Å². The molecule has 2 rings (SSSR count). The normalized spacial score (nSPS) is 14.3. The van der Waals surface area contributed by atoms with Crippen molar-refractivity contribution in [2.75, 3.05) is 6.61 Å². The van der Waals surface area contributed by atoms with E-state index in [1.165, 1.54) is 5.56 Å². The summed E-state index contributed by atoms with van der Waals surface area (Å²) in [5, 5.41) is 12.7. The molecule has 1 unspecified atom stereocenters. The molecule has 0 aliphatic heterocycles. The highest BCUT2D eigenvalue weighted by Gasteiger charge is 2.16. The van der Waals surface area contributed by atoms with Crippen LogP contribution in [-0.4, -0.2) is 11.7 Å². The molecular weight excluding hydrogens is 238 g/mol. The molecule has 0 amide bonds. The highest BCUT2D eigenvalue weighted by molar-refractivity contribution is 5.19. The van der Waals surface area contributed by atoms with Crippen molar-refractivity contribution in [1.29, 1.82) is 0 Å². The van der Waals surface area contributed by atoms with Crippen LogP contribution in [0.25, 0.3) is 0 Å². The van der Waals surface area contributed by atoms with Gasteiger partial charge in [0.15, 0.2) is 0 Å². The van der Waals surface area contributed by atoms with Crippen LogP contribution >= 0.6 is 0 Å². The first kappa shape index (κ1) is 13.8. The fourth-order valence-corrected chi connectivity index (χ4v) is 2.23. The van der Waals surface area contributed by atoms with Gasteiger partial charge in [0.25, 0.3) is 0 Å². The van der Waals surface area contributed by atoms with Crippen molar-refractivity contribution in [3.05, 3.63) is 59.5 Å². The number of furan rings is 1. The molecule has 0 bridgehead atoms. The number of hydrogen-bond acceptors (Lipinski definition) is 3. The van der Waals surface area contributed by atoms with Crippen molar-refractivity contribution in [1.82, 2.24) is 5.32 Å². The van der Waals surface area contributed by atoms with Crippen LogP contribution in [0.5, 0.6) is 0 Å². The van der Waals surface area contributed by atoms with Gasteiger partial charge in [-0.3, -0.25) is 0 Å². The van der Waals surface area contributed by atoms with Crippen LogP contribution in [0.4, 0.5) is 0 Å².